The van der Waals surface area contributed by atoms with Crippen LogP contribution in [0.15, 0.2) is 28.8 Å². The monoisotopic (exact) mass is 440 g/mol. The van der Waals surface area contributed by atoms with Gasteiger partial charge >= 0.3 is 0 Å². The Bertz CT molecular complexity index is 715. The van der Waals surface area contributed by atoms with Gasteiger partial charge in [-0.2, -0.15) is 0 Å². The van der Waals surface area contributed by atoms with E-state index in [2.05, 4.69) is 32.6 Å². The van der Waals surface area contributed by atoms with Crippen LogP contribution in [0.1, 0.15) is 58.9 Å². The zero-order valence-electron chi connectivity index (χ0n) is 18.3. The number of aldehydes is 1. The van der Waals surface area contributed by atoms with Crippen molar-refractivity contribution in [1.82, 2.24) is 4.90 Å². The van der Waals surface area contributed by atoms with Crippen LogP contribution in [0.4, 0.5) is 0 Å². The predicted octanol–water partition coefficient (Wildman–Crippen LogP) is 6.51. The highest BCUT2D eigenvalue weighted by molar-refractivity contribution is 6.42. The van der Waals surface area contributed by atoms with Crippen LogP contribution in [0, 0.1) is 5.92 Å². The first-order valence-corrected chi connectivity index (χ1v) is 11.0. The first kappa shape index (κ1) is 25.7. The maximum absolute atomic E-state index is 11.0. The molecule has 0 spiro atoms. The SMILES string of the molecule is CCCC(=N/C(=C(\C)CC(C)C)c1ccc(Cl)c(Cl)c1)N(CCC=O)CCOC. The number of hydrogen-bond acceptors (Lipinski definition) is 3. The van der Waals surface area contributed by atoms with Crippen LogP contribution in [-0.2, 0) is 9.53 Å². The van der Waals surface area contributed by atoms with Gasteiger partial charge < -0.3 is 14.4 Å². The Labute approximate surface area is 185 Å². The van der Waals surface area contributed by atoms with Crippen molar-refractivity contribution in [1.29, 1.82) is 0 Å². The zero-order valence-corrected chi connectivity index (χ0v) is 19.8. The normalized spacial score (nSPS) is 12.9. The summed E-state index contributed by atoms with van der Waals surface area (Å²) in [6.45, 7) is 10.6. The van der Waals surface area contributed by atoms with E-state index >= 15 is 0 Å². The average Bonchev–Trinajstić information content (AvgIpc) is 2.67. The van der Waals surface area contributed by atoms with E-state index in [4.69, 9.17) is 32.9 Å². The second kappa shape index (κ2) is 13.8. The van der Waals surface area contributed by atoms with Crippen LogP contribution < -0.4 is 0 Å². The lowest BCUT2D eigenvalue weighted by atomic mass is 9.99. The van der Waals surface area contributed by atoms with E-state index in [-0.39, 0.29) is 0 Å². The number of halogens is 2. The van der Waals surface area contributed by atoms with Gasteiger partial charge in [0.15, 0.2) is 0 Å². The van der Waals surface area contributed by atoms with Gasteiger partial charge in [-0.1, -0.05) is 50.0 Å². The molecule has 162 valence electrons. The highest BCUT2D eigenvalue weighted by atomic mass is 35.5. The molecule has 1 aromatic rings. The molecule has 0 aliphatic heterocycles. The largest absolute Gasteiger partial charge is 0.383 e. The summed E-state index contributed by atoms with van der Waals surface area (Å²) in [6.07, 6.45) is 4.13. The van der Waals surface area contributed by atoms with Crippen molar-refractivity contribution >= 4 is 41.0 Å². The minimum Gasteiger partial charge on any atom is -0.383 e. The van der Waals surface area contributed by atoms with Crippen molar-refractivity contribution in [2.45, 2.75) is 53.4 Å². The molecular formula is C23H34Cl2N2O2. The summed E-state index contributed by atoms with van der Waals surface area (Å²) in [5.41, 5.74) is 3.08. The number of allylic oxidation sites excluding steroid dienone is 1. The van der Waals surface area contributed by atoms with Crippen molar-refractivity contribution in [2.24, 2.45) is 10.9 Å². The molecule has 0 radical (unpaired) electrons. The topological polar surface area (TPSA) is 41.9 Å². The van der Waals surface area contributed by atoms with E-state index in [9.17, 15) is 4.79 Å². The van der Waals surface area contributed by atoms with Crippen molar-refractivity contribution in [2.75, 3.05) is 26.8 Å². The fourth-order valence-electron chi connectivity index (χ4n) is 3.18. The number of carbonyl (C=O) groups is 1. The number of aliphatic imine (C=N–C) groups is 1. The molecule has 29 heavy (non-hydrogen) atoms. The number of carbonyl (C=O) groups excluding carboxylic acids is 1. The molecule has 0 saturated carbocycles. The molecule has 0 bridgehead atoms. The van der Waals surface area contributed by atoms with Crippen LogP contribution in [0.25, 0.3) is 5.70 Å². The lowest BCUT2D eigenvalue weighted by Crippen LogP contribution is -2.35. The number of benzene rings is 1. The molecular weight excluding hydrogens is 407 g/mol. The molecule has 1 rings (SSSR count). The second-order valence-electron chi connectivity index (χ2n) is 7.57. The summed E-state index contributed by atoms with van der Waals surface area (Å²) in [4.78, 5) is 18.2. The predicted molar refractivity (Wildman–Crippen MR) is 125 cm³/mol. The standard InChI is InChI=1S/C23H34Cl2N2O2/c1-6-8-22(27(11-7-13-28)12-14-29-5)26-23(18(4)15-17(2)3)19-9-10-20(24)21(25)16-19/h9-10,13,16-17H,6-8,11-12,14-15H2,1-5H3/b23-18+,26-22?. The third-order valence-corrected chi connectivity index (χ3v) is 5.21. The third kappa shape index (κ3) is 8.90. The fourth-order valence-corrected chi connectivity index (χ4v) is 3.47. The van der Waals surface area contributed by atoms with Crippen LogP contribution in [0.3, 0.4) is 0 Å². The molecule has 0 fully saturated rings. The van der Waals surface area contributed by atoms with E-state index in [1.54, 1.807) is 7.11 Å². The quantitative estimate of drug-likeness (QED) is 0.211. The number of methoxy groups -OCH3 is 1. The Kier molecular flexibility index (Phi) is 12.2. The molecule has 0 N–H and O–H groups in total. The van der Waals surface area contributed by atoms with Crippen LogP contribution in [-0.4, -0.2) is 43.8 Å². The number of ether oxygens (including phenoxy) is 1. The maximum atomic E-state index is 11.0. The first-order valence-electron chi connectivity index (χ1n) is 10.2. The second-order valence-corrected chi connectivity index (χ2v) is 8.38. The van der Waals surface area contributed by atoms with E-state index in [0.29, 0.717) is 42.1 Å². The van der Waals surface area contributed by atoms with Crippen LogP contribution in [0.2, 0.25) is 10.0 Å². The van der Waals surface area contributed by atoms with Gasteiger partial charge in [0.05, 0.1) is 22.3 Å². The molecule has 6 heteroatoms. The fraction of sp³-hybridized carbons (Fsp3) is 0.565. The minimum atomic E-state index is 0.462. The Morgan fingerprint density at radius 3 is 2.52 bits per heavy atom. The van der Waals surface area contributed by atoms with E-state index in [0.717, 1.165) is 42.6 Å². The average molecular weight is 441 g/mol. The number of nitrogens with zero attached hydrogens (tertiary/aromatic N) is 2. The molecule has 0 aliphatic carbocycles. The summed E-state index contributed by atoms with van der Waals surface area (Å²) >= 11 is 12.4. The Morgan fingerprint density at radius 2 is 1.97 bits per heavy atom. The molecule has 0 aromatic heterocycles. The summed E-state index contributed by atoms with van der Waals surface area (Å²) < 4.78 is 5.27. The molecule has 1 aromatic carbocycles. The molecule has 0 heterocycles. The Hall–Kier alpha value is -1.36. The molecule has 0 unspecified atom stereocenters. The lowest BCUT2D eigenvalue weighted by Gasteiger charge is -2.26. The number of hydrogen-bond donors (Lipinski definition) is 0. The molecule has 0 saturated heterocycles. The van der Waals surface area contributed by atoms with E-state index in [1.165, 1.54) is 5.57 Å². The Balaban J connectivity index is 3.48. The Morgan fingerprint density at radius 1 is 1.24 bits per heavy atom. The molecule has 0 aliphatic rings. The van der Waals surface area contributed by atoms with E-state index < -0.39 is 0 Å². The number of rotatable bonds is 12. The van der Waals surface area contributed by atoms with Crippen molar-refractivity contribution in [3.05, 3.63) is 39.4 Å². The summed E-state index contributed by atoms with van der Waals surface area (Å²) in [5.74, 6) is 1.48. The van der Waals surface area contributed by atoms with Gasteiger partial charge in [-0.25, -0.2) is 4.99 Å². The van der Waals surface area contributed by atoms with Gasteiger partial charge in [-0.05, 0) is 43.4 Å². The molecule has 4 nitrogen and oxygen atoms in total. The minimum absolute atomic E-state index is 0.462. The summed E-state index contributed by atoms with van der Waals surface area (Å²) in [5, 5.41) is 1.05. The maximum Gasteiger partial charge on any atom is 0.121 e. The smallest absolute Gasteiger partial charge is 0.121 e. The van der Waals surface area contributed by atoms with Gasteiger partial charge in [-0.15, -0.1) is 0 Å². The highest BCUT2D eigenvalue weighted by Gasteiger charge is 2.15. The van der Waals surface area contributed by atoms with Crippen molar-refractivity contribution in [3.8, 4) is 0 Å². The van der Waals surface area contributed by atoms with Gasteiger partial charge in [0, 0.05) is 38.6 Å². The first-order chi connectivity index (χ1) is 13.8. The van der Waals surface area contributed by atoms with Gasteiger partial charge in [0.1, 0.15) is 12.1 Å². The lowest BCUT2D eigenvalue weighted by molar-refractivity contribution is -0.108. The van der Waals surface area contributed by atoms with Gasteiger partial charge in [-0.3, -0.25) is 0 Å². The van der Waals surface area contributed by atoms with Crippen molar-refractivity contribution < 1.29 is 9.53 Å². The zero-order chi connectivity index (χ0) is 21.8. The third-order valence-electron chi connectivity index (χ3n) is 4.47. The van der Waals surface area contributed by atoms with Crippen molar-refractivity contribution in [3.63, 3.8) is 0 Å². The summed E-state index contributed by atoms with van der Waals surface area (Å²) in [6, 6.07) is 5.65. The van der Waals surface area contributed by atoms with E-state index in [1.807, 2.05) is 18.2 Å². The summed E-state index contributed by atoms with van der Waals surface area (Å²) in [7, 11) is 1.68. The van der Waals surface area contributed by atoms with Crippen LogP contribution >= 0.6 is 23.2 Å². The highest BCUT2D eigenvalue weighted by Crippen LogP contribution is 2.30. The number of amidine groups is 1. The molecule has 0 atom stereocenters. The molecule has 0 amide bonds. The van der Waals surface area contributed by atoms with Gasteiger partial charge in [0.2, 0.25) is 0 Å². The van der Waals surface area contributed by atoms with Gasteiger partial charge in [0.25, 0.3) is 0 Å². The van der Waals surface area contributed by atoms with Crippen LogP contribution in [0.5, 0.6) is 0 Å².